The van der Waals surface area contributed by atoms with Crippen LogP contribution in [0.25, 0.3) is 0 Å². The number of benzene rings is 2. The maximum atomic E-state index is 12.1. The van der Waals surface area contributed by atoms with Crippen LogP contribution in [0.15, 0.2) is 36.4 Å². The summed E-state index contributed by atoms with van der Waals surface area (Å²) in [4.78, 5) is 23.0. The van der Waals surface area contributed by atoms with Gasteiger partial charge in [0.1, 0.15) is 16.9 Å². The van der Waals surface area contributed by atoms with Crippen molar-refractivity contribution in [2.24, 2.45) is 0 Å². The van der Waals surface area contributed by atoms with Crippen molar-refractivity contribution in [1.82, 2.24) is 0 Å². The van der Waals surface area contributed by atoms with Crippen molar-refractivity contribution in [2.75, 3.05) is 0 Å². The van der Waals surface area contributed by atoms with Crippen molar-refractivity contribution in [3.05, 3.63) is 53.1 Å². The van der Waals surface area contributed by atoms with Gasteiger partial charge in [-0.05, 0) is 6.07 Å². The Balaban J connectivity index is 2.62. The van der Waals surface area contributed by atoms with E-state index in [1.54, 1.807) is 18.2 Å². The van der Waals surface area contributed by atoms with Crippen LogP contribution in [0.5, 0.6) is 17.2 Å². The van der Waals surface area contributed by atoms with Gasteiger partial charge in [-0.2, -0.15) is 0 Å². The molecular formula is C14H10O6. The zero-order valence-corrected chi connectivity index (χ0v) is 10.1. The highest BCUT2D eigenvalue weighted by Crippen LogP contribution is 2.39. The zero-order valence-electron chi connectivity index (χ0n) is 10.1. The highest BCUT2D eigenvalue weighted by atomic mass is 16.4. The summed E-state index contributed by atoms with van der Waals surface area (Å²) in [6, 6.07) is 8.50. The third-order valence-corrected chi connectivity index (χ3v) is 2.75. The number of phenols is 3. The quantitative estimate of drug-likeness (QED) is 0.385. The summed E-state index contributed by atoms with van der Waals surface area (Å²) in [5.41, 5.74) is -1.05. The minimum atomic E-state index is -1.54. The van der Waals surface area contributed by atoms with Gasteiger partial charge in [-0.3, -0.25) is 4.79 Å². The summed E-state index contributed by atoms with van der Waals surface area (Å²) in [7, 11) is 0. The topological polar surface area (TPSA) is 115 Å². The number of aromatic hydroxyl groups is 3. The second-order valence-corrected chi connectivity index (χ2v) is 4.02. The van der Waals surface area contributed by atoms with Gasteiger partial charge in [0.05, 0.1) is 0 Å². The van der Waals surface area contributed by atoms with Crippen molar-refractivity contribution in [2.45, 2.75) is 0 Å². The molecule has 0 radical (unpaired) electrons. The minimum absolute atomic E-state index is 0.181. The molecule has 4 N–H and O–H groups in total. The summed E-state index contributed by atoms with van der Waals surface area (Å²) in [6.45, 7) is 0. The van der Waals surface area contributed by atoms with Gasteiger partial charge in [0.2, 0.25) is 5.78 Å². The number of hydrogen-bond acceptors (Lipinski definition) is 5. The van der Waals surface area contributed by atoms with E-state index in [4.69, 9.17) is 5.11 Å². The van der Waals surface area contributed by atoms with Crippen molar-refractivity contribution >= 4 is 11.8 Å². The van der Waals surface area contributed by atoms with Crippen molar-refractivity contribution in [3.8, 4) is 17.2 Å². The van der Waals surface area contributed by atoms with Gasteiger partial charge < -0.3 is 20.4 Å². The van der Waals surface area contributed by atoms with Crippen LogP contribution < -0.4 is 0 Å². The second-order valence-electron chi connectivity index (χ2n) is 4.02. The number of carboxylic acids is 1. The lowest BCUT2D eigenvalue weighted by atomic mass is 9.99. The summed E-state index contributed by atoms with van der Waals surface area (Å²) in [5, 5.41) is 37.8. The summed E-state index contributed by atoms with van der Waals surface area (Å²) >= 11 is 0. The predicted octanol–water partition coefficient (Wildman–Crippen LogP) is 1.73. The maximum Gasteiger partial charge on any atom is 0.339 e. The molecule has 0 aliphatic heterocycles. The van der Waals surface area contributed by atoms with E-state index in [1.807, 2.05) is 0 Å². The monoisotopic (exact) mass is 274 g/mol. The lowest BCUT2D eigenvalue weighted by Gasteiger charge is -2.10. The smallest absolute Gasteiger partial charge is 0.339 e. The van der Waals surface area contributed by atoms with Crippen LogP contribution in [0.2, 0.25) is 0 Å². The third-order valence-electron chi connectivity index (χ3n) is 2.75. The van der Waals surface area contributed by atoms with Gasteiger partial charge in [0.15, 0.2) is 11.5 Å². The highest BCUT2D eigenvalue weighted by molar-refractivity contribution is 6.13. The van der Waals surface area contributed by atoms with E-state index >= 15 is 0 Å². The molecule has 0 saturated heterocycles. The number of hydrogen-bond donors (Lipinski definition) is 4. The normalized spacial score (nSPS) is 10.2. The number of carbonyl (C=O) groups is 2. The Morgan fingerprint density at radius 2 is 1.50 bits per heavy atom. The average molecular weight is 274 g/mol. The first-order valence-corrected chi connectivity index (χ1v) is 5.54. The number of ketones is 1. The molecule has 2 aromatic rings. The predicted molar refractivity (Wildman–Crippen MR) is 68.3 cm³/mol. The van der Waals surface area contributed by atoms with Gasteiger partial charge in [-0.1, -0.05) is 30.3 Å². The van der Waals surface area contributed by atoms with E-state index in [-0.39, 0.29) is 5.56 Å². The maximum absolute atomic E-state index is 12.1. The van der Waals surface area contributed by atoms with Crippen molar-refractivity contribution < 1.29 is 30.0 Å². The van der Waals surface area contributed by atoms with Crippen LogP contribution in [0.4, 0.5) is 0 Å². The molecule has 0 bridgehead atoms. The first kappa shape index (κ1) is 13.4. The van der Waals surface area contributed by atoms with Crippen LogP contribution in [0, 0.1) is 0 Å². The Kier molecular flexibility index (Phi) is 3.30. The number of aromatic carboxylic acids is 1. The Morgan fingerprint density at radius 3 is 2.05 bits per heavy atom. The van der Waals surface area contributed by atoms with E-state index in [9.17, 15) is 24.9 Å². The van der Waals surface area contributed by atoms with Crippen LogP contribution in [0.3, 0.4) is 0 Å². The first-order valence-electron chi connectivity index (χ1n) is 5.54. The number of carbonyl (C=O) groups excluding carboxylic acids is 1. The zero-order chi connectivity index (χ0) is 14.9. The molecule has 0 amide bonds. The SMILES string of the molecule is O=C(O)c1cc(O)c(C(=O)c2ccccc2)c(O)c1O. The standard InChI is InChI=1S/C14H10O6/c15-9-6-8(14(19)20)12(17)13(18)10(9)11(16)7-4-2-1-3-5-7/h1-6,15,17-18H,(H,19,20). The molecule has 0 saturated carbocycles. The number of rotatable bonds is 3. The molecule has 20 heavy (non-hydrogen) atoms. The molecule has 0 atom stereocenters. The summed E-state index contributed by atoms with van der Waals surface area (Å²) in [6.07, 6.45) is 0. The van der Waals surface area contributed by atoms with E-state index < -0.39 is 40.1 Å². The molecule has 0 unspecified atom stereocenters. The fourth-order valence-corrected chi connectivity index (χ4v) is 1.77. The second kappa shape index (κ2) is 4.93. The Morgan fingerprint density at radius 1 is 0.900 bits per heavy atom. The lowest BCUT2D eigenvalue weighted by molar-refractivity contribution is 0.0691. The molecule has 0 aromatic heterocycles. The van der Waals surface area contributed by atoms with Gasteiger partial charge in [0.25, 0.3) is 0 Å². The van der Waals surface area contributed by atoms with Crippen molar-refractivity contribution in [1.29, 1.82) is 0 Å². The molecule has 0 heterocycles. The van der Waals surface area contributed by atoms with Gasteiger partial charge in [-0.15, -0.1) is 0 Å². The number of phenolic OH excluding ortho intramolecular Hbond substituents is 2. The molecule has 2 aromatic carbocycles. The Labute approximate surface area is 113 Å². The number of carboxylic acid groups (broad SMARTS) is 1. The molecular weight excluding hydrogens is 264 g/mol. The van der Waals surface area contributed by atoms with Crippen LogP contribution in [-0.4, -0.2) is 32.2 Å². The van der Waals surface area contributed by atoms with Gasteiger partial charge in [-0.25, -0.2) is 4.79 Å². The Hall–Kier alpha value is -3.02. The third kappa shape index (κ3) is 2.14. The van der Waals surface area contributed by atoms with Gasteiger partial charge in [0, 0.05) is 5.56 Å². The Bertz CT molecular complexity index is 691. The van der Waals surface area contributed by atoms with Gasteiger partial charge >= 0.3 is 5.97 Å². The minimum Gasteiger partial charge on any atom is -0.507 e. The summed E-state index contributed by atoms with van der Waals surface area (Å²) in [5.74, 6) is -4.91. The molecule has 6 heteroatoms. The van der Waals surface area contributed by atoms with E-state index in [0.29, 0.717) is 6.07 Å². The van der Waals surface area contributed by atoms with Crippen LogP contribution in [-0.2, 0) is 0 Å². The van der Waals surface area contributed by atoms with E-state index in [1.165, 1.54) is 12.1 Å². The van der Waals surface area contributed by atoms with Crippen molar-refractivity contribution in [3.63, 3.8) is 0 Å². The molecule has 0 fully saturated rings. The van der Waals surface area contributed by atoms with Crippen LogP contribution in [0.1, 0.15) is 26.3 Å². The molecule has 2 rings (SSSR count). The van der Waals surface area contributed by atoms with E-state index in [0.717, 1.165) is 0 Å². The molecule has 0 aliphatic carbocycles. The summed E-state index contributed by atoms with van der Waals surface area (Å²) < 4.78 is 0. The fourth-order valence-electron chi connectivity index (χ4n) is 1.77. The molecule has 6 nitrogen and oxygen atoms in total. The van der Waals surface area contributed by atoms with Crippen LogP contribution >= 0.6 is 0 Å². The highest BCUT2D eigenvalue weighted by Gasteiger charge is 2.25. The average Bonchev–Trinajstić information content (AvgIpc) is 2.43. The molecule has 102 valence electrons. The molecule has 0 spiro atoms. The lowest BCUT2D eigenvalue weighted by Crippen LogP contribution is -2.05. The fraction of sp³-hybridized carbons (Fsp3) is 0. The first-order chi connectivity index (χ1) is 9.43. The molecule has 0 aliphatic rings. The largest absolute Gasteiger partial charge is 0.507 e. The van der Waals surface area contributed by atoms with E-state index in [2.05, 4.69) is 0 Å².